The zero-order valence-electron chi connectivity index (χ0n) is 13.9. The lowest BCUT2D eigenvalue weighted by Gasteiger charge is -2.12. The number of hydrogen-bond acceptors (Lipinski definition) is 3. The summed E-state index contributed by atoms with van der Waals surface area (Å²) >= 11 is 3.46. The van der Waals surface area contributed by atoms with E-state index in [0.717, 1.165) is 22.5 Å². The van der Waals surface area contributed by atoms with Gasteiger partial charge in [0, 0.05) is 5.70 Å². The first-order valence-corrected chi connectivity index (χ1v) is 8.08. The summed E-state index contributed by atoms with van der Waals surface area (Å²) in [5.74, 6) is -0.393. The van der Waals surface area contributed by atoms with Crippen molar-refractivity contribution in [2.45, 2.75) is 41.0 Å². The van der Waals surface area contributed by atoms with Crippen molar-refractivity contribution in [2.75, 3.05) is 6.61 Å². The van der Waals surface area contributed by atoms with Crippen LogP contribution >= 0.6 is 15.9 Å². The lowest BCUT2D eigenvalue weighted by Crippen LogP contribution is -2.10. The second kappa shape index (κ2) is 8.13. The molecule has 0 radical (unpaired) electrons. The van der Waals surface area contributed by atoms with Crippen LogP contribution < -0.4 is 0 Å². The van der Waals surface area contributed by atoms with Crippen molar-refractivity contribution in [2.24, 2.45) is 0 Å². The van der Waals surface area contributed by atoms with Gasteiger partial charge in [-0.15, -0.1) is 0 Å². The molecule has 5 heteroatoms. The molecule has 4 nitrogen and oxygen atoms in total. The van der Waals surface area contributed by atoms with Gasteiger partial charge in [0.15, 0.2) is 10.4 Å². The summed E-state index contributed by atoms with van der Waals surface area (Å²) in [6.07, 6.45) is 4.60. The maximum atomic E-state index is 12.1. The molecule has 0 aromatic carbocycles. The number of allylic oxidation sites excluding steroid dienone is 5. The second-order valence-electron chi connectivity index (χ2n) is 5.15. The van der Waals surface area contributed by atoms with E-state index in [9.17, 15) is 4.79 Å². The average molecular weight is 367 g/mol. The first-order valence-electron chi connectivity index (χ1n) is 7.29. The quantitative estimate of drug-likeness (QED) is 0.538. The van der Waals surface area contributed by atoms with Crippen LogP contribution in [0.15, 0.2) is 34.6 Å². The molecule has 0 amide bonds. The highest BCUT2D eigenvalue weighted by Gasteiger charge is 2.22. The summed E-state index contributed by atoms with van der Waals surface area (Å²) in [5.41, 5.74) is 4.22. The first-order chi connectivity index (χ1) is 10.3. The van der Waals surface area contributed by atoms with Crippen molar-refractivity contribution in [3.63, 3.8) is 0 Å². The Morgan fingerprint density at radius 1 is 1.32 bits per heavy atom. The Kier molecular flexibility index (Phi) is 6.81. The third-order valence-corrected chi connectivity index (χ3v) is 3.55. The molecule has 0 unspecified atom stereocenters. The van der Waals surface area contributed by atoms with Crippen molar-refractivity contribution in [1.82, 2.24) is 9.55 Å². The minimum Gasteiger partial charge on any atom is -0.461 e. The average Bonchev–Trinajstić information content (AvgIpc) is 2.76. The Bertz CT molecular complexity index is 635. The van der Waals surface area contributed by atoms with Gasteiger partial charge in [0.2, 0.25) is 0 Å². The van der Waals surface area contributed by atoms with Crippen LogP contribution in [-0.2, 0) is 11.2 Å². The van der Waals surface area contributed by atoms with E-state index < -0.39 is 5.97 Å². The van der Waals surface area contributed by atoms with Crippen LogP contribution in [-0.4, -0.2) is 22.1 Å². The summed E-state index contributed by atoms with van der Waals surface area (Å²) in [4.78, 5) is 16.4. The maximum absolute atomic E-state index is 12.1. The molecule has 22 heavy (non-hydrogen) atoms. The first kappa shape index (κ1) is 18.4. The van der Waals surface area contributed by atoms with Gasteiger partial charge in [-0.25, -0.2) is 9.78 Å². The molecule has 0 atom stereocenters. The maximum Gasteiger partial charge on any atom is 0.358 e. The van der Waals surface area contributed by atoms with Crippen LogP contribution in [0.5, 0.6) is 0 Å². The molecule has 120 valence electrons. The number of rotatable bonds is 6. The molecule has 0 saturated carbocycles. The normalized spacial score (nSPS) is 10.8. The van der Waals surface area contributed by atoms with Gasteiger partial charge in [-0.2, -0.15) is 0 Å². The van der Waals surface area contributed by atoms with E-state index in [2.05, 4.69) is 27.5 Å². The monoisotopic (exact) mass is 366 g/mol. The number of carbonyl (C=O) groups is 1. The van der Waals surface area contributed by atoms with Crippen molar-refractivity contribution in [3.05, 3.63) is 46.0 Å². The van der Waals surface area contributed by atoms with Crippen molar-refractivity contribution >= 4 is 27.6 Å². The third kappa shape index (κ3) is 4.19. The van der Waals surface area contributed by atoms with Crippen molar-refractivity contribution in [3.8, 4) is 0 Å². The largest absolute Gasteiger partial charge is 0.461 e. The predicted octanol–water partition coefficient (Wildman–Crippen LogP) is 4.77. The van der Waals surface area contributed by atoms with Gasteiger partial charge in [0.25, 0.3) is 0 Å². The van der Waals surface area contributed by atoms with E-state index in [1.807, 2.05) is 44.4 Å². The Balaban J connectivity index is 3.49. The smallest absolute Gasteiger partial charge is 0.358 e. The van der Waals surface area contributed by atoms with Crippen LogP contribution in [0.3, 0.4) is 0 Å². The highest BCUT2D eigenvalue weighted by atomic mass is 79.9. The van der Waals surface area contributed by atoms with E-state index in [1.54, 1.807) is 6.92 Å². The fourth-order valence-electron chi connectivity index (χ4n) is 2.04. The van der Waals surface area contributed by atoms with Crippen LogP contribution in [0.4, 0.5) is 0 Å². The Hall–Kier alpha value is -1.62. The number of halogens is 1. The van der Waals surface area contributed by atoms with Crippen LogP contribution in [0.2, 0.25) is 0 Å². The van der Waals surface area contributed by atoms with Gasteiger partial charge in [-0.05, 0) is 56.1 Å². The number of hydrogen-bond donors (Lipinski definition) is 0. The van der Waals surface area contributed by atoms with Gasteiger partial charge in [-0.1, -0.05) is 30.7 Å². The molecule has 1 aromatic rings. The minimum atomic E-state index is -0.393. The molecule has 0 aliphatic rings. The second-order valence-corrected chi connectivity index (χ2v) is 5.86. The van der Waals surface area contributed by atoms with Crippen LogP contribution in [0.25, 0.3) is 5.70 Å². The summed E-state index contributed by atoms with van der Waals surface area (Å²) < 4.78 is 7.63. The molecule has 0 N–H and O–H groups in total. The van der Waals surface area contributed by atoms with Gasteiger partial charge in [-0.3, -0.25) is 4.57 Å². The van der Waals surface area contributed by atoms with Gasteiger partial charge in [0.05, 0.1) is 12.3 Å². The fraction of sp³-hybridized carbons (Fsp3) is 0.412. The number of nitrogens with zero attached hydrogens (tertiary/aromatic N) is 2. The predicted molar refractivity (Wildman–Crippen MR) is 93.8 cm³/mol. The molecule has 1 rings (SSSR count). The fourth-order valence-corrected chi connectivity index (χ4v) is 2.63. The van der Waals surface area contributed by atoms with E-state index in [0.29, 0.717) is 23.5 Å². The molecular formula is C17H23BrN2O2. The highest BCUT2D eigenvalue weighted by Crippen LogP contribution is 2.26. The third-order valence-electron chi connectivity index (χ3n) is 3.01. The number of imidazole rings is 1. The molecule has 1 heterocycles. The Labute approximate surface area is 140 Å². The zero-order chi connectivity index (χ0) is 16.9. The van der Waals surface area contributed by atoms with Crippen LogP contribution in [0.1, 0.15) is 50.8 Å². The molecule has 0 bridgehead atoms. The van der Waals surface area contributed by atoms with Gasteiger partial charge >= 0.3 is 5.97 Å². The molecule has 1 aromatic heterocycles. The molecule has 0 fully saturated rings. The lowest BCUT2D eigenvalue weighted by atomic mass is 10.2. The molecule has 0 saturated heterocycles. The standard InChI is InChI=1S/C17H23BrN2O2/c1-7-13-15(16(21)22-8-2)19-17(18)20(13)14(12(5)6)10-9-11(3)4/h9-10H,3,7-8H2,1-2,4-6H3/b10-9-. The lowest BCUT2D eigenvalue weighted by molar-refractivity contribution is 0.0518. The van der Waals surface area contributed by atoms with E-state index in [4.69, 9.17) is 4.74 Å². The molecule has 0 aliphatic carbocycles. The zero-order valence-corrected chi connectivity index (χ0v) is 15.5. The minimum absolute atomic E-state index is 0.331. The van der Waals surface area contributed by atoms with Gasteiger partial charge in [0.1, 0.15) is 0 Å². The highest BCUT2D eigenvalue weighted by molar-refractivity contribution is 9.10. The number of carbonyl (C=O) groups excluding carboxylic acids is 1. The van der Waals surface area contributed by atoms with Crippen molar-refractivity contribution in [1.29, 1.82) is 0 Å². The van der Waals surface area contributed by atoms with E-state index >= 15 is 0 Å². The van der Waals surface area contributed by atoms with Crippen LogP contribution in [0, 0.1) is 0 Å². The number of ether oxygens (including phenoxy) is 1. The topological polar surface area (TPSA) is 44.1 Å². The summed E-state index contributed by atoms with van der Waals surface area (Å²) in [6.45, 7) is 14.0. The van der Waals surface area contributed by atoms with Crippen molar-refractivity contribution < 1.29 is 9.53 Å². The summed E-state index contributed by atoms with van der Waals surface area (Å²) in [5, 5.41) is 0. The molecular weight excluding hydrogens is 344 g/mol. The Morgan fingerprint density at radius 3 is 2.41 bits per heavy atom. The van der Waals surface area contributed by atoms with Gasteiger partial charge < -0.3 is 4.74 Å². The van der Waals surface area contributed by atoms with E-state index in [-0.39, 0.29) is 0 Å². The number of aromatic nitrogens is 2. The summed E-state index contributed by atoms with van der Waals surface area (Å²) in [6, 6.07) is 0. The summed E-state index contributed by atoms with van der Waals surface area (Å²) in [7, 11) is 0. The molecule has 0 aliphatic heterocycles. The SMILES string of the molecule is C=C(C)/C=C\C(=C(C)C)n1c(Br)nc(C(=O)OCC)c1CC. The molecule has 0 spiro atoms. The Morgan fingerprint density at radius 2 is 1.95 bits per heavy atom. The number of esters is 1. The van der Waals surface area contributed by atoms with E-state index in [1.165, 1.54) is 0 Å².